The summed E-state index contributed by atoms with van der Waals surface area (Å²) in [7, 11) is -1.81. The fourth-order valence-corrected chi connectivity index (χ4v) is 9.94. The molecule has 2 aliphatic rings. The minimum absolute atomic E-state index is 0.161. The maximum absolute atomic E-state index is 6.50. The maximum atomic E-state index is 6.50. The Bertz CT molecular complexity index is 1030. The highest BCUT2D eigenvalue weighted by atomic mass is 28.3. The molecule has 1 nitrogen and oxygen atoms in total. The van der Waals surface area contributed by atoms with Crippen molar-refractivity contribution >= 4 is 24.6 Å². The molecule has 2 heteroatoms. The first kappa shape index (κ1) is 17.6. The third-order valence-electron chi connectivity index (χ3n) is 7.78. The molecular weight excluding hydrogens is 332 g/mol. The number of benzene rings is 1. The Balaban J connectivity index is 1.95. The largest absolute Gasteiger partial charge is 0.460 e. The van der Waals surface area contributed by atoms with E-state index in [4.69, 9.17) is 4.42 Å². The first-order valence-corrected chi connectivity index (χ1v) is 12.8. The molecule has 0 N–H and O–H groups in total. The van der Waals surface area contributed by atoms with Crippen LogP contribution in [0.1, 0.15) is 58.4 Å². The second-order valence-electron chi connectivity index (χ2n) is 9.08. The highest BCUT2D eigenvalue weighted by molar-refractivity contribution is 6.83. The van der Waals surface area contributed by atoms with Crippen molar-refractivity contribution in [1.82, 2.24) is 0 Å². The zero-order chi connectivity index (χ0) is 19.0. The summed E-state index contributed by atoms with van der Waals surface area (Å²) >= 11 is 0. The van der Waals surface area contributed by atoms with Crippen molar-refractivity contribution in [2.45, 2.75) is 65.2 Å². The van der Waals surface area contributed by atoms with E-state index in [0.717, 1.165) is 5.58 Å². The molecule has 1 aromatic heterocycles. The maximum Gasteiger partial charge on any atom is 0.134 e. The molecule has 0 fully saturated rings. The summed E-state index contributed by atoms with van der Waals surface area (Å²) in [5.41, 5.74) is 10.3. The number of fused-ring (bicyclic) bond motifs is 3. The lowest BCUT2D eigenvalue weighted by Crippen LogP contribution is -2.46. The van der Waals surface area contributed by atoms with Crippen LogP contribution in [0, 0.1) is 0 Å². The first-order valence-electron chi connectivity index (χ1n) is 9.68. The number of para-hydroxylation sites is 1. The third kappa shape index (κ3) is 1.97. The predicted molar refractivity (Wildman–Crippen MR) is 115 cm³/mol. The highest BCUT2D eigenvalue weighted by Crippen LogP contribution is 2.61. The van der Waals surface area contributed by atoms with Crippen molar-refractivity contribution in [3.05, 3.63) is 64.0 Å². The van der Waals surface area contributed by atoms with Gasteiger partial charge in [-0.1, -0.05) is 61.0 Å². The van der Waals surface area contributed by atoms with E-state index in [-0.39, 0.29) is 5.04 Å². The third-order valence-corrected chi connectivity index (χ3v) is 13.1. The van der Waals surface area contributed by atoms with E-state index in [2.05, 4.69) is 85.0 Å². The number of hydrogen-bond donors (Lipinski definition) is 0. The molecule has 4 rings (SSSR count). The SMILES string of the molecule is CC1=CC(C)([Si](C)(C)C2C(C)=C(C)c3c2oc2ccccc32)C(C)=C1C. The van der Waals surface area contributed by atoms with Crippen LogP contribution < -0.4 is 0 Å². The molecule has 0 radical (unpaired) electrons. The summed E-state index contributed by atoms with van der Waals surface area (Å²) in [6.45, 7) is 19.1. The Kier molecular flexibility index (Phi) is 3.63. The average molecular weight is 363 g/mol. The van der Waals surface area contributed by atoms with Crippen LogP contribution >= 0.6 is 0 Å². The van der Waals surface area contributed by atoms with Crippen LogP contribution in [-0.2, 0) is 0 Å². The molecule has 0 spiro atoms. The molecule has 0 aliphatic heterocycles. The molecule has 0 amide bonds. The van der Waals surface area contributed by atoms with Gasteiger partial charge < -0.3 is 4.42 Å². The van der Waals surface area contributed by atoms with Gasteiger partial charge in [-0.25, -0.2) is 0 Å². The fraction of sp³-hybridized carbons (Fsp3) is 0.417. The standard InChI is InChI=1S/C24H30OSi/c1-14-13-24(6,18(5)15(14)2)26(7,8)23-17(4)16(3)21-19-11-9-10-12-20(19)25-22(21)23/h9-13,23H,1-8H3. The van der Waals surface area contributed by atoms with Crippen LogP contribution in [-0.4, -0.2) is 8.07 Å². The summed E-state index contributed by atoms with van der Waals surface area (Å²) in [5, 5.41) is 1.44. The molecule has 1 aromatic carbocycles. The zero-order valence-corrected chi connectivity index (χ0v) is 18.4. The number of rotatable bonds is 2. The van der Waals surface area contributed by atoms with Crippen molar-refractivity contribution in [2.75, 3.05) is 0 Å². The van der Waals surface area contributed by atoms with Gasteiger partial charge in [0.1, 0.15) is 11.3 Å². The van der Waals surface area contributed by atoms with Gasteiger partial charge in [0.25, 0.3) is 0 Å². The molecular formula is C24H30OSi. The minimum atomic E-state index is -1.81. The summed E-state index contributed by atoms with van der Waals surface area (Å²) in [6, 6.07) is 8.52. The molecule has 0 saturated heterocycles. The fourth-order valence-electron chi connectivity index (χ4n) is 5.44. The van der Waals surface area contributed by atoms with Gasteiger partial charge in [0.15, 0.2) is 0 Å². The van der Waals surface area contributed by atoms with Gasteiger partial charge in [-0.05, 0) is 51.8 Å². The van der Waals surface area contributed by atoms with E-state index in [1.165, 1.54) is 39.0 Å². The molecule has 2 aliphatic carbocycles. The summed E-state index contributed by atoms with van der Waals surface area (Å²) in [4.78, 5) is 0. The van der Waals surface area contributed by atoms with Gasteiger partial charge in [-0.2, -0.15) is 0 Å². The van der Waals surface area contributed by atoms with Gasteiger partial charge in [0, 0.05) is 21.5 Å². The zero-order valence-electron chi connectivity index (χ0n) is 17.4. The lowest BCUT2D eigenvalue weighted by atomic mass is 10.0. The van der Waals surface area contributed by atoms with Gasteiger partial charge >= 0.3 is 0 Å². The van der Waals surface area contributed by atoms with Crippen molar-refractivity contribution < 1.29 is 4.42 Å². The molecule has 1 heterocycles. The minimum Gasteiger partial charge on any atom is -0.460 e. The topological polar surface area (TPSA) is 13.1 Å². The van der Waals surface area contributed by atoms with E-state index in [1.54, 1.807) is 5.57 Å². The van der Waals surface area contributed by atoms with Gasteiger partial charge in [0.2, 0.25) is 0 Å². The van der Waals surface area contributed by atoms with Gasteiger partial charge in [-0.3, -0.25) is 0 Å². The van der Waals surface area contributed by atoms with Crippen LogP contribution in [0.2, 0.25) is 18.1 Å². The Morgan fingerprint density at radius 1 is 0.962 bits per heavy atom. The quantitative estimate of drug-likeness (QED) is 0.501. The van der Waals surface area contributed by atoms with Crippen LogP contribution in [0.15, 0.2) is 57.1 Å². The van der Waals surface area contributed by atoms with Gasteiger partial charge in [-0.15, -0.1) is 0 Å². The number of allylic oxidation sites excluding steroid dienone is 6. The molecule has 2 unspecified atom stereocenters. The van der Waals surface area contributed by atoms with Crippen molar-refractivity contribution in [1.29, 1.82) is 0 Å². The van der Waals surface area contributed by atoms with Gasteiger partial charge in [0.05, 0.1) is 8.07 Å². The smallest absolute Gasteiger partial charge is 0.134 e. The monoisotopic (exact) mass is 362 g/mol. The van der Waals surface area contributed by atoms with Crippen LogP contribution in [0.25, 0.3) is 16.5 Å². The van der Waals surface area contributed by atoms with E-state index in [0.29, 0.717) is 5.54 Å². The van der Waals surface area contributed by atoms with Crippen molar-refractivity contribution in [3.8, 4) is 0 Å². The molecule has 0 saturated carbocycles. The predicted octanol–water partition coefficient (Wildman–Crippen LogP) is 7.63. The average Bonchev–Trinajstić information content (AvgIpc) is 3.14. The lowest BCUT2D eigenvalue weighted by Gasteiger charge is -2.45. The van der Waals surface area contributed by atoms with E-state index in [1.807, 2.05) is 0 Å². The van der Waals surface area contributed by atoms with E-state index < -0.39 is 8.07 Å². The van der Waals surface area contributed by atoms with Crippen molar-refractivity contribution in [3.63, 3.8) is 0 Å². The Morgan fingerprint density at radius 3 is 2.23 bits per heavy atom. The molecule has 136 valence electrons. The van der Waals surface area contributed by atoms with E-state index in [9.17, 15) is 0 Å². The van der Waals surface area contributed by atoms with Crippen molar-refractivity contribution in [2.24, 2.45) is 0 Å². The second-order valence-corrected chi connectivity index (χ2v) is 14.1. The summed E-state index contributed by atoms with van der Waals surface area (Å²) in [5.74, 6) is 1.22. The first-order chi connectivity index (χ1) is 12.1. The summed E-state index contributed by atoms with van der Waals surface area (Å²) < 4.78 is 6.50. The number of furan rings is 1. The molecule has 2 atom stereocenters. The Hall–Kier alpha value is -1.80. The molecule has 2 aromatic rings. The van der Waals surface area contributed by atoms with Crippen LogP contribution in [0.5, 0.6) is 0 Å². The molecule has 0 bridgehead atoms. The van der Waals surface area contributed by atoms with Crippen LogP contribution in [0.3, 0.4) is 0 Å². The van der Waals surface area contributed by atoms with E-state index >= 15 is 0 Å². The Morgan fingerprint density at radius 2 is 1.62 bits per heavy atom. The Labute approximate surface area is 158 Å². The summed E-state index contributed by atoms with van der Waals surface area (Å²) in [6.07, 6.45) is 2.55. The van der Waals surface area contributed by atoms with Crippen LogP contribution in [0.4, 0.5) is 0 Å². The number of hydrogen-bond acceptors (Lipinski definition) is 1. The highest BCUT2D eigenvalue weighted by Gasteiger charge is 2.54. The molecule has 26 heavy (non-hydrogen) atoms. The second kappa shape index (κ2) is 5.36. The normalized spacial score (nSPS) is 26.2. The lowest BCUT2D eigenvalue weighted by molar-refractivity contribution is 0.550.